The summed E-state index contributed by atoms with van der Waals surface area (Å²) < 4.78 is 152. The highest BCUT2D eigenvalue weighted by molar-refractivity contribution is 7.90. The molecular weight excluding hydrogens is 1170 g/mol. The van der Waals surface area contributed by atoms with Gasteiger partial charge in [0.2, 0.25) is 50.1 Å². The zero-order valence-corrected chi connectivity index (χ0v) is 57.2. The van der Waals surface area contributed by atoms with Crippen LogP contribution in [0.25, 0.3) is 0 Å². The van der Waals surface area contributed by atoms with Crippen LogP contribution in [-0.4, -0.2) is 129 Å². The molecule has 0 fully saturated rings. The molecule has 15 nitrogen and oxygen atoms in total. The van der Waals surface area contributed by atoms with Crippen molar-refractivity contribution in [3.05, 3.63) is 181 Å². The molecule has 0 aromatic heterocycles. The predicted molar refractivity (Wildman–Crippen MR) is 345 cm³/mol. The van der Waals surface area contributed by atoms with Gasteiger partial charge in [0.15, 0.2) is 0 Å². The first-order valence-electron chi connectivity index (χ1n) is 28.9. The first-order valence-corrected chi connectivity index (χ1v) is 36.1. The number of rotatable bonds is 29. The summed E-state index contributed by atoms with van der Waals surface area (Å²) in [5.41, 5.74) is 10.6. The van der Waals surface area contributed by atoms with Crippen LogP contribution >= 0.6 is 0 Å². The van der Waals surface area contributed by atoms with E-state index in [-0.39, 0.29) is 103 Å². The number of hydrogen-bond acceptors (Lipinski definition) is 10. The third-order valence-electron chi connectivity index (χ3n) is 15.1. The van der Waals surface area contributed by atoms with E-state index in [2.05, 4.69) is 0 Å². The van der Waals surface area contributed by atoms with E-state index in [0.717, 1.165) is 27.8 Å². The monoisotopic (exact) mass is 1260 g/mol. The van der Waals surface area contributed by atoms with Crippen LogP contribution in [0.1, 0.15) is 110 Å². The minimum absolute atomic E-state index is 0.00446. The second kappa shape index (κ2) is 29.2. The maximum atomic E-state index is 14.9. The van der Waals surface area contributed by atoms with E-state index >= 15 is 0 Å². The maximum absolute atomic E-state index is 14.9. The lowest BCUT2D eigenvalue weighted by molar-refractivity contribution is 0.394. The van der Waals surface area contributed by atoms with Gasteiger partial charge < -0.3 is 0 Å². The molecule has 0 saturated heterocycles. The third-order valence-corrected chi connectivity index (χ3v) is 26.1. The molecule has 0 bridgehead atoms. The number of aryl methyl sites for hydroxylation is 15. The normalized spacial score (nSPS) is 13.2. The van der Waals surface area contributed by atoms with Gasteiger partial charge in [-0.25, -0.2) is 42.1 Å². The molecule has 20 heteroatoms. The van der Waals surface area contributed by atoms with Gasteiger partial charge >= 0.3 is 0 Å². The topological polar surface area (TPSA) is 187 Å². The number of sulfonamides is 5. The van der Waals surface area contributed by atoms with E-state index in [1.165, 1.54) is 21.5 Å². The van der Waals surface area contributed by atoms with E-state index < -0.39 is 50.1 Å². The van der Waals surface area contributed by atoms with Crippen LogP contribution in [0.15, 0.2) is 122 Å². The van der Waals surface area contributed by atoms with E-state index in [4.69, 9.17) is 0 Å². The molecule has 0 aliphatic rings. The molecule has 0 aliphatic heterocycles. The van der Waals surface area contributed by atoms with Gasteiger partial charge in [0, 0.05) is 65.4 Å². The molecule has 5 aromatic rings. The molecule has 0 amide bonds. The predicted octanol–water partition coefficient (Wildman–Crippen LogP) is 11.6. The summed E-state index contributed by atoms with van der Waals surface area (Å²) in [5.74, 6) is 0. The van der Waals surface area contributed by atoms with Crippen molar-refractivity contribution in [2.45, 2.75) is 155 Å². The molecule has 0 unspecified atom stereocenters. The Hall–Kier alpha value is -5.13. The largest absolute Gasteiger partial charge is 0.244 e. The highest BCUT2D eigenvalue weighted by atomic mass is 32.2. The summed E-state index contributed by atoms with van der Waals surface area (Å²) >= 11 is 0. The van der Waals surface area contributed by atoms with Crippen LogP contribution < -0.4 is 0 Å². The molecule has 0 spiro atoms. The SMILES string of the molecule is CCN(C/C=C\CN(C/C=C\CN(CCCCN(C/C=C\CN(CC)S(=O)(=O)c1c(C)cc(C)cc1C)S(=O)(=O)c1c(C)cc(C)cc1C)S(=O)(=O)c1c(C)cc(C)cc1C)S(=O)(=O)c1c(C)cc(C)cc1C)S(=O)(=O)c1c(C)cc(C)cc1C. The number of benzene rings is 5. The summed E-state index contributed by atoms with van der Waals surface area (Å²) in [6.07, 6.45) is 10.3. The van der Waals surface area contributed by atoms with E-state index in [9.17, 15) is 42.1 Å². The Morgan fingerprint density at radius 3 is 0.600 bits per heavy atom. The van der Waals surface area contributed by atoms with Crippen molar-refractivity contribution in [2.24, 2.45) is 0 Å². The molecule has 466 valence electrons. The van der Waals surface area contributed by atoms with Crippen LogP contribution in [0.2, 0.25) is 0 Å². The van der Waals surface area contributed by atoms with Gasteiger partial charge in [-0.05, 0) is 172 Å². The lowest BCUT2D eigenvalue weighted by atomic mass is 10.1. The number of likely N-dealkylation sites (N-methyl/N-ethyl adjacent to an activating group) is 2. The second-order valence-corrected chi connectivity index (χ2v) is 32.1. The van der Waals surface area contributed by atoms with Crippen molar-refractivity contribution in [1.29, 1.82) is 0 Å². The van der Waals surface area contributed by atoms with E-state index in [1.807, 2.05) is 83.1 Å². The van der Waals surface area contributed by atoms with Gasteiger partial charge in [0.1, 0.15) is 0 Å². The van der Waals surface area contributed by atoms with Crippen LogP contribution in [0.4, 0.5) is 0 Å². The van der Waals surface area contributed by atoms with Crippen molar-refractivity contribution in [3.63, 3.8) is 0 Å². The highest BCUT2D eigenvalue weighted by Crippen LogP contribution is 2.31. The summed E-state index contributed by atoms with van der Waals surface area (Å²) in [4.78, 5) is 0.969. The molecule has 0 aliphatic carbocycles. The molecule has 5 rings (SSSR count). The Balaban J connectivity index is 1.45. The summed E-state index contributed by atoms with van der Waals surface area (Å²) in [7, 11) is -20.3. The Labute approximate surface area is 511 Å². The van der Waals surface area contributed by atoms with Crippen LogP contribution in [0, 0.1) is 104 Å². The zero-order valence-electron chi connectivity index (χ0n) is 53.1. The molecule has 0 radical (unpaired) electrons. The summed E-state index contributed by atoms with van der Waals surface area (Å²) in [6.45, 7) is 30.5. The van der Waals surface area contributed by atoms with E-state index in [1.54, 1.807) is 132 Å². The fourth-order valence-corrected chi connectivity index (χ4v) is 21.0. The average Bonchev–Trinajstić information content (AvgIpc) is 2.55. The minimum atomic E-state index is -4.20. The van der Waals surface area contributed by atoms with Gasteiger partial charge in [0.05, 0.1) is 24.5 Å². The lowest BCUT2D eigenvalue weighted by Crippen LogP contribution is -2.36. The van der Waals surface area contributed by atoms with Crippen LogP contribution in [0.5, 0.6) is 0 Å². The molecule has 5 aromatic carbocycles. The lowest BCUT2D eigenvalue weighted by Gasteiger charge is -2.26. The summed E-state index contributed by atoms with van der Waals surface area (Å²) in [5, 5.41) is 0. The third kappa shape index (κ3) is 16.7. The minimum Gasteiger partial charge on any atom is -0.207 e. The smallest absolute Gasteiger partial charge is 0.207 e. The first-order chi connectivity index (χ1) is 39.5. The van der Waals surface area contributed by atoms with Crippen LogP contribution in [0.3, 0.4) is 0 Å². The van der Waals surface area contributed by atoms with Crippen molar-refractivity contribution in [1.82, 2.24) is 21.5 Å². The average molecular weight is 1260 g/mol. The number of nitrogens with zero attached hydrogens (tertiary/aromatic N) is 5. The van der Waals surface area contributed by atoms with Gasteiger partial charge in [-0.15, -0.1) is 0 Å². The van der Waals surface area contributed by atoms with Gasteiger partial charge in [-0.2, -0.15) is 21.5 Å². The fraction of sp³-hybridized carbons (Fsp3) is 0.446. The molecular formula is C65H91N5O10S5. The first kappa shape index (κ1) is 70.6. The van der Waals surface area contributed by atoms with Crippen LogP contribution in [-0.2, 0) is 50.1 Å². The van der Waals surface area contributed by atoms with Gasteiger partial charge in [0.25, 0.3) is 0 Å². The van der Waals surface area contributed by atoms with Gasteiger partial charge in [-0.3, -0.25) is 0 Å². The van der Waals surface area contributed by atoms with Crippen molar-refractivity contribution in [2.75, 3.05) is 65.4 Å². The Morgan fingerprint density at radius 2 is 0.412 bits per heavy atom. The highest BCUT2D eigenvalue weighted by Gasteiger charge is 2.32. The standard InChI is InChI=1S/C65H91N5O10S5/c1-18-66(81(71,72)61-51(8)36-46(3)37-52(61)9)28-20-22-30-68(83(75,76)63-55(12)40-48(5)41-56(63)13)32-24-26-34-70(85(79,80)65-59(16)44-50(7)45-60(65)17)35-27-25-33-69(84(77,78)64-57(14)42-49(6)43-58(64)15)31-23-21-29-67(19-2)82(73,74)62-53(10)38-47(4)39-54(62)11/h20-24,26,36-45H,18-19,25,27-35H2,1-17H3/b22-20-,23-21-,26-24-. The molecule has 0 atom stereocenters. The quantitative estimate of drug-likeness (QED) is 0.0329. The Morgan fingerprint density at radius 1 is 0.259 bits per heavy atom. The van der Waals surface area contributed by atoms with E-state index in [0.29, 0.717) is 55.6 Å². The maximum Gasteiger partial charge on any atom is 0.244 e. The summed E-state index contributed by atoms with van der Waals surface area (Å²) in [6, 6.07) is 18.2. The van der Waals surface area contributed by atoms with Crippen molar-refractivity contribution < 1.29 is 42.1 Å². The Kier molecular flexibility index (Phi) is 24.3. The fourth-order valence-electron chi connectivity index (χ4n) is 11.9. The van der Waals surface area contributed by atoms with Gasteiger partial charge in [-0.1, -0.05) is 139 Å². The van der Waals surface area contributed by atoms with Crippen molar-refractivity contribution in [3.8, 4) is 0 Å². The zero-order chi connectivity index (χ0) is 63.7. The molecule has 0 saturated carbocycles. The van der Waals surface area contributed by atoms with Crippen molar-refractivity contribution >= 4 is 50.1 Å². The molecule has 0 N–H and O–H groups in total. The number of unbranched alkanes of at least 4 members (excludes halogenated alkanes) is 1. The second-order valence-electron chi connectivity index (χ2n) is 22.7. The molecule has 85 heavy (non-hydrogen) atoms. The molecule has 0 heterocycles. The Bertz CT molecular complexity index is 3830. The number of hydrogen-bond donors (Lipinski definition) is 0.